The minimum atomic E-state index is 0.0891. The van der Waals surface area contributed by atoms with Crippen molar-refractivity contribution in [2.75, 3.05) is 12.3 Å². The molecule has 0 saturated heterocycles. The van der Waals surface area contributed by atoms with Crippen molar-refractivity contribution in [3.05, 3.63) is 29.8 Å². The lowest BCUT2D eigenvalue weighted by Crippen LogP contribution is -2.34. The molecule has 1 aliphatic carbocycles. The summed E-state index contributed by atoms with van der Waals surface area (Å²) < 4.78 is 0. The third kappa shape index (κ3) is 2.78. The second kappa shape index (κ2) is 5.36. The molecule has 1 amide bonds. The molecule has 0 aromatic heterocycles. The molecule has 0 heterocycles. The lowest BCUT2D eigenvalue weighted by molar-refractivity contribution is -0.134. The van der Waals surface area contributed by atoms with Crippen LogP contribution >= 0.6 is 0 Å². The molecule has 0 atom stereocenters. The molecule has 1 saturated carbocycles. The van der Waals surface area contributed by atoms with Gasteiger partial charge in [-0.2, -0.15) is 0 Å². The van der Waals surface area contributed by atoms with E-state index in [4.69, 9.17) is 5.73 Å². The van der Waals surface area contributed by atoms with Gasteiger partial charge in [0.2, 0.25) is 5.91 Å². The van der Waals surface area contributed by atoms with Gasteiger partial charge in [0.05, 0.1) is 0 Å². The van der Waals surface area contributed by atoms with Gasteiger partial charge in [-0.1, -0.05) is 46.8 Å². The summed E-state index contributed by atoms with van der Waals surface area (Å²) in [5, 5.41) is 0. The third-order valence-corrected chi connectivity index (χ3v) is 5.40. The van der Waals surface area contributed by atoms with E-state index in [9.17, 15) is 4.79 Å². The Morgan fingerprint density at radius 1 is 1.24 bits per heavy atom. The van der Waals surface area contributed by atoms with E-state index in [0.29, 0.717) is 6.54 Å². The normalized spacial score (nSPS) is 19.3. The summed E-state index contributed by atoms with van der Waals surface area (Å²) in [5.74, 6) is 0.409. The Hall–Kier alpha value is -1.51. The van der Waals surface area contributed by atoms with Crippen LogP contribution in [0, 0.1) is 16.7 Å². The molecule has 0 bridgehead atoms. The SMILES string of the molecule is CCCN(Cc1cccc(N)c1)C(=O)C1C(C)(C)C1(C)C. The summed E-state index contributed by atoms with van der Waals surface area (Å²) in [7, 11) is 0. The lowest BCUT2D eigenvalue weighted by Gasteiger charge is -2.23. The van der Waals surface area contributed by atoms with Gasteiger partial charge in [0.25, 0.3) is 0 Å². The Balaban J connectivity index is 2.15. The predicted octanol–water partition coefficient (Wildman–Crippen LogP) is 3.69. The molecule has 1 aliphatic rings. The molecule has 2 N–H and O–H groups in total. The van der Waals surface area contributed by atoms with Crippen LogP contribution in [-0.4, -0.2) is 17.4 Å². The van der Waals surface area contributed by atoms with Crippen LogP contribution in [-0.2, 0) is 11.3 Å². The summed E-state index contributed by atoms with van der Waals surface area (Å²) >= 11 is 0. The number of nitrogens with two attached hydrogens (primary N) is 1. The van der Waals surface area contributed by atoms with Gasteiger partial charge in [-0.25, -0.2) is 0 Å². The van der Waals surface area contributed by atoms with Crippen LogP contribution in [0.4, 0.5) is 5.69 Å². The van der Waals surface area contributed by atoms with Crippen LogP contribution in [0.3, 0.4) is 0 Å². The zero-order chi connectivity index (χ0) is 15.8. The Kier molecular flexibility index (Phi) is 4.05. The summed E-state index contributed by atoms with van der Waals surface area (Å²) in [6, 6.07) is 7.82. The molecule has 116 valence electrons. The first-order valence-electron chi connectivity index (χ1n) is 7.85. The highest BCUT2D eigenvalue weighted by molar-refractivity contribution is 5.84. The molecule has 0 aliphatic heterocycles. The number of carbonyl (C=O) groups is 1. The largest absolute Gasteiger partial charge is 0.399 e. The molecule has 1 aromatic carbocycles. The first-order valence-corrected chi connectivity index (χ1v) is 7.85. The van der Waals surface area contributed by atoms with E-state index in [1.807, 2.05) is 29.2 Å². The standard InChI is InChI=1S/C18H28N2O/c1-6-10-20(12-13-8-7-9-14(19)11-13)16(21)15-17(2,3)18(15,4)5/h7-9,11,15H,6,10,12,19H2,1-5H3. The van der Waals surface area contributed by atoms with Crippen molar-refractivity contribution >= 4 is 11.6 Å². The molecule has 3 heteroatoms. The number of benzene rings is 1. The first-order chi connectivity index (χ1) is 9.71. The monoisotopic (exact) mass is 288 g/mol. The molecule has 0 unspecified atom stereocenters. The smallest absolute Gasteiger partial charge is 0.227 e. The second-order valence-electron chi connectivity index (χ2n) is 7.38. The second-order valence-corrected chi connectivity index (χ2v) is 7.38. The number of nitrogens with zero attached hydrogens (tertiary/aromatic N) is 1. The van der Waals surface area contributed by atoms with Crippen molar-refractivity contribution in [1.82, 2.24) is 4.90 Å². The van der Waals surface area contributed by atoms with Gasteiger partial charge in [-0.3, -0.25) is 4.79 Å². The van der Waals surface area contributed by atoms with Crippen LogP contribution in [0.15, 0.2) is 24.3 Å². The molecular formula is C18H28N2O. The molecule has 0 radical (unpaired) electrons. The number of rotatable bonds is 5. The number of nitrogen functional groups attached to an aromatic ring is 1. The van der Waals surface area contributed by atoms with E-state index in [0.717, 1.165) is 24.2 Å². The quantitative estimate of drug-likeness (QED) is 0.840. The number of amides is 1. The fourth-order valence-electron chi connectivity index (χ4n) is 3.45. The molecule has 2 rings (SSSR count). The van der Waals surface area contributed by atoms with Gasteiger partial charge in [-0.05, 0) is 34.9 Å². The molecule has 1 aromatic rings. The highest BCUT2D eigenvalue weighted by Gasteiger charge is 2.68. The maximum atomic E-state index is 12.9. The van der Waals surface area contributed by atoms with E-state index in [-0.39, 0.29) is 22.7 Å². The average Bonchev–Trinajstić information content (AvgIpc) is 2.78. The summed E-state index contributed by atoms with van der Waals surface area (Å²) in [5.41, 5.74) is 7.88. The summed E-state index contributed by atoms with van der Waals surface area (Å²) in [4.78, 5) is 14.9. The lowest BCUT2D eigenvalue weighted by atomic mass is 10.0. The highest BCUT2D eigenvalue weighted by atomic mass is 16.2. The Labute approximate surface area is 128 Å². The summed E-state index contributed by atoms with van der Waals surface area (Å²) in [6.07, 6.45) is 0.974. The Morgan fingerprint density at radius 3 is 2.33 bits per heavy atom. The van der Waals surface area contributed by atoms with Crippen LogP contribution in [0.2, 0.25) is 0 Å². The van der Waals surface area contributed by atoms with Crippen molar-refractivity contribution in [3.63, 3.8) is 0 Å². The molecule has 3 nitrogen and oxygen atoms in total. The third-order valence-electron chi connectivity index (χ3n) is 5.40. The number of hydrogen-bond acceptors (Lipinski definition) is 2. The predicted molar refractivity (Wildman–Crippen MR) is 87.6 cm³/mol. The molecule has 21 heavy (non-hydrogen) atoms. The van der Waals surface area contributed by atoms with Gasteiger partial charge in [0, 0.05) is 24.7 Å². The minimum Gasteiger partial charge on any atom is -0.399 e. The van der Waals surface area contributed by atoms with Crippen LogP contribution < -0.4 is 5.73 Å². The zero-order valence-electron chi connectivity index (χ0n) is 13.9. The molecular weight excluding hydrogens is 260 g/mol. The van der Waals surface area contributed by atoms with Gasteiger partial charge < -0.3 is 10.6 Å². The van der Waals surface area contributed by atoms with Crippen LogP contribution in [0.1, 0.15) is 46.6 Å². The Morgan fingerprint density at radius 2 is 1.86 bits per heavy atom. The first kappa shape index (κ1) is 15.9. The van der Waals surface area contributed by atoms with Crippen molar-refractivity contribution in [2.45, 2.75) is 47.6 Å². The van der Waals surface area contributed by atoms with Gasteiger partial charge in [-0.15, -0.1) is 0 Å². The van der Waals surface area contributed by atoms with E-state index < -0.39 is 0 Å². The zero-order valence-corrected chi connectivity index (χ0v) is 13.9. The number of anilines is 1. The van der Waals surface area contributed by atoms with E-state index in [1.54, 1.807) is 0 Å². The van der Waals surface area contributed by atoms with Crippen molar-refractivity contribution in [2.24, 2.45) is 16.7 Å². The van der Waals surface area contributed by atoms with Crippen molar-refractivity contribution in [3.8, 4) is 0 Å². The van der Waals surface area contributed by atoms with Crippen molar-refractivity contribution in [1.29, 1.82) is 0 Å². The fraction of sp³-hybridized carbons (Fsp3) is 0.611. The van der Waals surface area contributed by atoms with E-state index in [2.05, 4.69) is 34.6 Å². The maximum absolute atomic E-state index is 12.9. The molecule has 1 fully saturated rings. The van der Waals surface area contributed by atoms with E-state index in [1.165, 1.54) is 0 Å². The maximum Gasteiger partial charge on any atom is 0.227 e. The summed E-state index contributed by atoms with van der Waals surface area (Å²) in [6.45, 7) is 12.3. The van der Waals surface area contributed by atoms with Crippen LogP contribution in [0.25, 0.3) is 0 Å². The van der Waals surface area contributed by atoms with Gasteiger partial charge in [0.15, 0.2) is 0 Å². The average molecular weight is 288 g/mol. The highest BCUT2D eigenvalue weighted by Crippen LogP contribution is 2.68. The van der Waals surface area contributed by atoms with Gasteiger partial charge in [0.1, 0.15) is 0 Å². The van der Waals surface area contributed by atoms with Crippen molar-refractivity contribution < 1.29 is 4.79 Å². The number of carbonyl (C=O) groups excluding carboxylic acids is 1. The van der Waals surface area contributed by atoms with Crippen LogP contribution in [0.5, 0.6) is 0 Å². The molecule has 0 spiro atoms. The number of hydrogen-bond donors (Lipinski definition) is 1. The Bertz CT molecular complexity index is 520. The minimum absolute atomic E-state index is 0.0891. The van der Waals surface area contributed by atoms with E-state index >= 15 is 0 Å². The van der Waals surface area contributed by atoms with Gasteiger partial charge >= 0.3 is 0 Å². The topological polar surface area (TPSA) is 46.3 Å². The fourth-order valence-corrected chi connectivity index (χ4v) is 3.45.